The molecule has 1 unspecified atom stereocenters. The molecule has 0 amide bonds. The maximum atomic E-state index is 8.93. The van der Waals surface area contributed by atoms with Gasteiger partial charge in [-0.2, -0.15) is 0 Å². The van der Waals surface area contributed by atoms with Gasteiger partial charge in [-0.15, -0.1) is 0 Å². The summed E-state index contributed by atoms with van der Waals surface area (Å²) in [7, 11) is 3.87. The molecule has 0 aliphatic carbocycles. The number of aromatic amines is 1. The number of aromatic nitrogens is 4. The van der Waals surface area contributed by atoms with E-state index in [9.17, 15) is 0 Å². The monoisotopic (exact) mass is 313 g/mol. The van der Waals surface area contributed by atoms with Gasteiger partial charge in [-0.25, -0.2) is 15.0 Å². The molecule has 3 heterocycles. The summed E-state index contributed by atoms with van der Waals surface area (Å²) in [5, 5.41) is 35.0. The summed E-state index contributed by atoms with van der Waals surface area (Å²) in [6, 6.07) is 0. The van der Waals surface area contributed by atoms with Crippen molar-refractivity contribution < 1.29 is 25.2 Å². The number of nitrogens with one attached hydrogen (secondary N) is 1. The Labute approximate surface area is 126 Å². The topological polar surface area (TPSA) is 148 Å². The Bertz CT molecular complexity index is 606. The van der Waals surface area contributed by atoms with E-state index in [2.05, 4.69) is 24.7 Å². The van der Waals surface area contributed by atoms with E-state index in [0.717, 1.165) is 11.3 Å². The number of hydrogen-bond donors (Lipinski definition) is 5. The Hall–Kier alpha value is -1.85. The number of H-pyrrole nitrogens is 1. The zero-order valence-electron chi connectivity index (χ0n) is 12.2. The molecule has 2 aromatic rings. The lowest BCUT2D eigenvalue weighted by molar-refractivity contribution is -0.132. The molecule has 1 aliphatic rings. The summed E-state index contributed by atoms with van der Waals surface area (Å²) in [6.07, 6.45) is -1.63. The lowest BCUT2D eigenvalue weighted by Crippen LogP contribution is -2.33. The van der Waals surface area contributed by atoms with Crippen LogP contribution in [0.25, 0.3) is 11.2 Å². The minimum Gasteiger partial charge on any atom is -0.394 e. The molecule has 122 valence electrons. The van der Waals surface area contributed by atoms with Crippen LogP contribution >= 0.6 is 0 Å². The molecule has 0 spiro atoms. The van der Waals surface area contributed by atoms with Gasteiger partial charge in [-0.1, -0.05) is 0 Å². The van der Waals surface area contributed by atoms with E-state index in [-0.39, 0.29) is 0 Å². The minimum absolute atomic E-state index is 0.407. The van der Waals surface area contributed by atoms with Crippen molar-refractivity contribution in [3.63, 3.8) is 0 Å². The van der Waals surface area contributed by atoms with Gasteiger partial charge in [0.2, 0.25) is 0 Å². The number of fused-ring (bicyclic) bond motifs is 1. The lowest BCUT2D eigenvalue weighted by Gasteiger charge is -2.10. The third-order valence-electron chi connectivity index (χ3n) is 3.14. The van der Waals surface area contributed by atoms with Crippen LogP contribution in [0.1, 0.15) is 0 Å². The molecule has 2 aromatic heterocycles. The van der Waals surface area contributed by atoms with E-state index in [1.807, 2.05) is 19.0 Å². The van der Waals surface area contributed by atoms with E-state index in [4.69, 9.17) is 20.4 Å². The van der Waals surface area contributed by atoms with Crippen molar-refractivity contribution in [1.29, 1.82) is 0 Å². The maximum absolute atomic E-state index is 8.93. The molecule has 10 nitrogen and oxygen atoms in total. The molecule has 1 saturated heterocycles. The fourth-order valence-electron chi connectivity index (χ4n) is 1.97. The van der Waals surface area contributed by atoms with Crippen molar-refractivity contribution in [2.24, 2.45) is 0 Å². The highest BCUT2D eigenvalue weighted by Crippen LogP contribution is 2.18. The Morgan fingerprint density at radius 3 is 2.41 bits per heavy atom. The molecule has 1 fully saturated rings. The second-order valence-electron chi connectivity index (χ2n) is 4.92. The molecular formula is C12H19N5O5. The Morgan fingerprint density at radius 2 is 1.91 bits per heavy atom. The van der Waals surface area contributed by atoms with Gasteiger partial charge < -0.3 is 35.0 Å². The summed E-state index contributed by atoms with van der Waals surface area (Å²) >= 11 is 0. The van der Waals surface area contributed by atoms with Crippen LogP contribution < -0.4 is 4.90 Å². The van der Waals surface area contributed by atoms with Gasteiger partial charge in [0, 0.05) is 14.1 Å². The van der Waals surface area contributed by atoms with Crippen molar-refractivity contribution in [3.8, 4) is 0 Å². The molecular weight excluding hydrogens is 294 g/mol. The van der Waals surface area contributed by atoms with Crippen molar-refractivity contribution in [2.75, 3.05) is 25.6 Å². The van der Waals surface area contributed by atoms with Crippen LogP contribution in [-0.2, 0) is 4.74 Å². The Kier molecular flexibility index (Phi) is 5.21. The molecule has 1 aliphatic heterocycles. The largest absolute Gasteiger partial charge is 0.394 e. The zero-order valence-corrected chi connectivity index (χ0v) is 12.2. The normalized spacial score (nSPS) is 27.5. The first-order valence-corrected chi connectivity index (χ1v) is 6.57. The fraction of sp³-hybridized carbons (Fsp3) is 0.583. The number of rotatable bonds is 2. The van der Waals surface area contributed by atoms with Crippen molar-refractivity contribution in [1.82, 2.24) is 19.9 Å². The van der Waals surface area contributed by atoms with Crippen LogP contribution in [0, 0.1) is 0 Å². The molecule has 22 heavy (non-hydrogen) atoms. The van der Waals surface area contributed by atoms with Gasteiger partial charge >= 0.3 is 0 Å². The van der Waals surface area contributed by atoms with E-state index < -0.39 is 31.2 Å². The second kappa shape index (κ2) is 6.94. The van der Waals surface area contributed by atoms with Gasteiger partial charge in [0.25, 0.3) is 0 Å². The molecule has 4 atom stereocenters. The van der Waals surface area contributed by atoms with E-state index in [1.54, 1.807) is 6.33 Å². The summed E-state index contributed by atoms with van der Waals surface area (Å²) < 4.78 is 4.54. The van der Waals surface area contributed by atoms with Gasteiger partial charge in [0.15, 0.2) is 17.8 Å². The second-order valence-corrected chi connectivity index (χ2v) is 4.92. The average molecular weight is 313 g/mol. The summed E-state index contributed by atoms with van der Waals surface area (Å²) in [5.74, 6) is 0.859. The third kappa shape index (κ3) is 3.31. The zero-order chi connectivity index (χ0) is 16.3. The highest BCUT2D eigenvalue weighted by Gasteiger charge is 2.41. The fourth-order valence-corrected chi connectivity index (χ4v) is 1.97. The number of ether oxygens (including phenoxy) is 1. The molecule has 5 N–H and O–H groups in total. The standard InChI is InChI=1S/C7H9N5.C5H10O5/c1-12(2)7-5-6(9-3-8-5)10-4-11-7;6-1-2-3(7)4(8)5(9)10-2/h3-4H,1-2H3,(H,8,9,10,11);2-9H,1H2/t;2-,3-,4+,5?/m.1/s1. The third-order valence-corrected chi connectivity index (χ3v) is 3.14. The lowest BCUT2D eigenvalue weighted by atomic mass is 10.1. The summed E-state index contributed by atoms with van der Waals surface area (Å²) in [4.78, 5) is 17.1. The number of nitrogens with zero attached hydrogens (tertiary/aromatic N) is 4. The van der Waals surface area contributed by atoms with Crippen molar-refractivity contribution in [2.45, 2.75) is 24.6 Å². The van der Waals surface area contributed by atoms with Crippen molar-refractivity contribution >= 4 is 17.0 Å². The van der Waals surface area contributed by atoms with Crippen LogP contribution in [0.3, 0.4) is 0 Å². The molecule has 0 radical (unpaired) electrons. The average Bonchev–Trinajstić information content (AvgIpc) is 3.07. The highest BCUT2D eigenvalue weighted by atomic mass is 16.6. The first-order chi connectivity index (χ1) is 10.5. The predicted molar refractivity (Wildman–Crippen MR) is 76.0 cm³/mol. The number of aliphatic hydroxyl groups is 4. The number of anilines is 1. The first kappa shape index (κ1) is 16.5. The van der Waals surface area contributed by atoms with Gasteiger partial charge in [-0.3, -0.25) is 0 Å². The molecule has 0 aromatic carbocycles. The SMILES string of the molecule is CN(C)c1ncnc2nc[nH]c12.OC[C@H]1OC(O)[C@@H](O)[C@@H]1O. The van der Waals surface area contributed by atoms with Gasteiger partial charge in [0.05, 0.1) is 12.9 Å². The highest BCUT2D eigenvalue weighted by molar-refractivity contribution is 5.82. The van der Waals surface area contributed by atoms with E-state index in [1.165, 1.54) is 6.33 Å². The smallest absolute Gasteiger partial charge is 0.184 e. The molecule has 0 saturated carbocycles. The first-order valence-electron chi connectivity index (χ1n) is 6.57. The van der Waals surface area contributed by atoms with Crippen LogP contribution in [0.5, 0.6) is 0 Å². The van der Waals surface area contributed by atoms with Crippen LogP contribution in [0.15, 0.2) is 12.7 Å². The van der Waals surface area contributed by atoms with E-state index >= 15 is 0 Å². The number of imidazole rings is 1. The van der Waals surface area contributed by atoms with E-state index in [0.29, 0.717) is 5.65 Å². The van der Waals surface area contributed by atoms with Crippen LogP contribution in [-0.4, -0.2) is 85.7 Å². The van der Waals surface area contributed by atoms with Crippen LogP contribution in [0.4, 0.5) is 5.82 Å². The van der Waals surface area contributed by atoms with Gasteiger partial charge in [0.1, 0.15) is 30.2 Å². The minimum atomic E-state index is -1.38. The molecule has 0 bridgehead atoms. The maximum Gasteiger partial charge on any atom is 0.184 e. The predicted octanol–water partition coefficient (Wildman–Crippen LogP) is -2.16. The Balaban J connectivity index is 0.000000164. The quantitative estimate of drug-likeness (QED) is 0.418. The van der Waals surface area contributed by atoms with Crippen molar-refractivity contribution in [3.05, 3.63) is 12.7 Å². The summed E-state index contributed by atoms with van der Waals surface area (Å²) in [6.45, 7) is -0.407. The van der Waals surface area contributed by atoms with Crippen LogP contribution in [0.2, 0.25) is 0 Å². The molecule has 3 rings (SSSR count). The summed E-state index contributed by atoms with van der Waals surface area (Å²) in [5.41, 5.74) is 1.58. The van der Waals surface area contributed by atoms with Gasteiger partial charge in [-0.05, 0) is 0 Å². The number of hydrogen-bond acceptors (Lipinski definition) is 9. The molecule has 10 heteroatoms. The number of aliphatic hydroxyl groups excluding tert-OH is 4. The Morgan fingerprint density at radius 1 is 1.18 bits per heavy atom.